The third-order valence-corrected chi connectivity index (χ3v) is 7.15. The van der Waals surface area contributed by atoms with Gasteiger partial charge < -0.3 is 19.3 Å². The van der Waals surface area contributed by atoms with E-state index in [1.807, 2.05) is 34.6 Å². The van der Waals surface area contributed by atoms with E-state index in [1.165, 1.54) is 0 Å². The molecule has 2 fully saturated rings. The number of ether oxygens (including phenoxy) is 3. The van der Waals surface area contributed by atoms with Crippen molar-refractivity contribution >= 4 is 23.9 Å². The highest BCUT2D eigenvalue weighted by molar-refractivity contribution is 5.74. The predicted molar refractivity (Wildman–Crippen MR) is 136 cm³/mol. The highest BCUT2D eigenvalue weighted by atomic mass is 16.6. The molecule has 6 atom stereocenters. The van der Waals surface area contributed by atoms with Gasteiger partial charge in [0, 0.05) is 12.8 Å². The summed E-state index contributed by atoms with van der Waals surface area (Å²) >= 11 is 0. The largest absolute Gasteiger partial charge is 0.481 e. The summed E-state index contributed by atoms with van der Waals surface area (Å²) in [6.07, 6.45) is 5.62. The van der Waals surface area contributed by atoms with E-state index < -0.39 is 11.6 Å². The van der Waals surface area contributed by atoms with Gasteiger partial charge in [-0.1, -0.05) is 26.7 Å². The van der Waals surface area contributed by atoms with Crippen molar-refractivity contribution in [1.82, 2.24) is 0 Å². The van der Waals surface area contributed by atoms with E-state index in [1.54, 1.807) is 6.92 Å². The summed E-state index contributed by atoms with van der Waals surface area (Å²) in [7, 11) is 0. The molecule has 0 radical (unpaired) electrons. The fraction of sp³-hybridized carbons (Fsp3) is 0.857. The normalized spacial score (nSPS) is 27.5. The number of carboxylic acid groups (broad SMARTS) is 1. The van der Waals surface area contributed by atoms with Crippen molar-refractivity contribution < 1.29 is 38.5 Å². The Morgan fingerprint density at radius 2 is 1.14 bits per heavy atom. The molecule has 0 saturated heterocycles. The maximum absolute atomic E-state index is 11.9. The lowest BCUT2D eigenvalue weighted by Crippen LogP contribution is -2.25. The average molecular weight is 513 g/mol. The summed E-state index contributed by atoms with van der Waals surface area (Å²) in [5, 5.41) is 8.74. The van der Waals surface area contributed by atoms with Crippen LogP contribution < -0.4 is 0 Å². The number of carboxylic acids is 1. The van der Waals surface area contributed by atoms with Gasteiger partial charge in [0.1, 0.15) is 5.60 Å². The van der Waals surface area contributed by atoms with Crippen LogP contribution in [0.15, 0.2) is 0 Å². The molecule has 2 aliphatic carbocycles. The molecule has 1 N–H and O–H groups in total. The average Bonchev–Trinajstić information content (AvgIpc) is 3.36. The fourth-order valence-electron chi connectivity index (χ4n) is 5.66. The second kappa shape index (κ2) is 15.2. The minimum atomic E-state index is -0.774. The van der Waals surface area contributed by atoms with Gasteiger partial charge in [-0.3, -0.25) is 19.2 Å². The van der Waals surface area contributed by atoms with E-state index in [4.69, 9.17) is 19.3 Å². The van der Waals surface area contributed by atoms with Crippen LogP contribution in [-0.4, -0.2) is 47.8 Å². The summed E-state index contributed by atoms with van der Waals surface area (Å²) in [6, 6.07) is 0. The summed E-state index contributed by atoms with van der Waals surface area (Å²) in [6.45, 7) is 14.2. The molecule has 0 bridgehead atoms. The van der Waals surface area contributed by atoms with Crippen molar-refractivity contribution in [2.24, 2.45) is 35.5 Å². The van der Waals surface area contributed by atoms with E-state index in [0.717, 1.165) is 32.1 Å². The summed E-state index contributed by atoms with van der Waals surface area (Å²) in [4.78, 5) is 46.1. The lowest BCUT2D eigenvalue weighted by molar-refractivity contribution is -0.156. The van der Waals surface area contributed by atoms with E-state index in [0.29, 0.717) is 37.9 Å². The molecular formula is C28H48O8. The Bertz CT molecular complexity index is 726. The quantitative estimate of drug-likeness (QED) is 0.305. The van der Waals surface area contributed by atoms with Gasteiger partial charge in [-0.2, -0.15) is 0 Å². The van der Waals surface area contributed by atoms with Crippen molar-refractivity contribution in [2.45, 2.75) is 105 Å². The second-order valence-corrected chi connectivity index (χ2v) is 11.1. The van der Waals surface area contributed by atoms with E-state index in [2.05, 4.69) is 6.92 Å². The molecule has 0 heterocycles. The van der Waals surface area contributed by atoms with Crippen LogP contribution in [-0.2, 0) is 33.4 Å². The second-order valence-electron chi connectivity index (χ2n) is 11.1. The van der Waals surface area contributed by atoms with Crippen LogP contribution in [0.4, 0.5) is 0 Å². The van der Waals surface area contributed by atoms with Crippen LogP contribution in [0.3, 0.4) is 0 Å². The zero-order chi connectivity index (χ0) is 27.5. The number of hydrogen-bond acceptors (Lipinski definition) is 7. The zero-order valence-corrected chi connectivity index (χ0v) is 23.3. The van der Waals surface area contributed by atoms with Gasteiger partial charge in [-0.15, -0.1) is 0 Å². The van der Waals surface area contributed by atoms with Crippen molar-refractivity contribution in [2.75, 3.05) is 13.2 Å². The van der Waals surface area contributed by atoms with Gasteiger partial charge in [0.25, 0.3) is 0 Å². The predicted octanol–water partition coefficient (Wildman–Crippen LogP) is 5.41. The van der Waals surface area contributed by atoms with Crippen molar-refractivity contribution in [3.8, 4) is 0 Å². The molecular weight excluding hydrogens is 464 g/mol. The summed E-state index contributed by atoms with van der Waals surface area (Å²) in [5.41, 5.74) is -0.444. The summed E-state index contributed by atoms with van der Waals surface area (Å²) < 4.78 is 15.5. The standard InChI is InChI=1S/C16H28O4.C12H20O4/c1-6-12-8-11(9-13(12)15(18)19-7-2)10-14(17)20-16(3,4)5;1-3-9-5-8(7-11(13)14)6-10(9)12(15)16-4-2/h11-13H,6-10H2,1-5H3;8-10H,3-7H2,1-2H3,(H,13,14). The highest BCUT2D eigenvalue weighted by Crippen LogP contribution is 2.41. The molecule has 0 spiro atoms. The first-order chi connectivity index (χ1) is 16.8. The Hall–Kier alpha value is -2.12. The first-order valence-corrected chi connectivity index (χ1v) is 13.6. The monoisotopic (exact) mass is 512 g/mol. The van der Waals surface area contributed by atoms with E-state index in [9.17, 15) is 19.2 Å². The van der Waals surface area contributed by atoms with Gasteiger partial charge >= 0.3 is 23.9 Å². The highest BCUT2D eigenvalue weighted by Gasteiger charge is 2.40. The molecule has 0 aromatic carbocycles. The molecule has 0 aromatic rings. The van der Waals surface area contributed by atoms with Crippen LogP contribution in [0, 0.1) is 35.5 Å². The van der Waals surface area contributed by atoms with Crippen LogP contribution in [0.1, 0.15) is 99.8 Å². The number of hydrogen-bond donors (Lipinski definition) is 1. The third kappa shape index (κ3) is 10.9. The molecule has 2 rings (SSSR count). The lowest BCUT2D eigenvalue weighted by atomic mass is 9.94. The molecule has 8 nitrogen and oxygen atoms in total. The number of rotatable bonds is 10. The van der Waals surface area contributed by atoms with Crippen LogP contribution in [0.25, 0.3) is 0 Å². The van der Waals surface area contributed by atoms with Crippen molar-refractivity contribution in [1.29, 1.82) is 0 Å². The Morgan fingerprint density at radius 1 is 0.722 bits per heavy atom. The minimum Gasteiger partial charge on any atom is -0.481 e. The molecule has 0 aromatic heterocycles. The topological polar surface area (TPSA) is 116 Å². The van der Waals surface area contributed by atoms with Crippen molar-refractivity contribution in [3.05, 3.63) is 0 Å². The molecule has 8 heteroatoms. The Balaban J connectivity index is 0.000000369. The van der Waals surface area contributed by atoms with Crippen LogP contribution in [0.2, 0.25) is 0 Å². The van der Waals surface area contributed by atoms with Crippen LogP contribution in [0.5, 0.6) is 0 Å². The SMILES string of the molecule is CCOC(=O)C1CC(CC(=O)O)CC1CC.CCOC(=O)C1CC(CC(=O)OC(C)(C)C)CC1CC. The Labute approximate surface area is 216 Å². The molecule has 6 unspecified atom stereocenters. The number of esters is 3. The van der Waals surface area contributed by atoms with Gasteiger partial charge in [0.2, 0.25) is 0 Å². The number of aliphatic carboxylic acids is 1. The molecule has 0 aliphatic heterocycles. The number of carbonyl (C=O) groups excluding carboxylic acids is 3. The van der Waals surface area contributed by atoms with E-state index >= 15 is 0 Å². The number of carbonyl (C=O) groups is 4. The molecule has 2 aliphatic rings. The minimum absolute atomic E-state index is 0.0487. The maximum atomic E-state index is 11.9. The molecule has 208 valence electrons. The molecule has 0 amide bonds. The Kier molecular flexibility index (Phi) is 13.5. The Morgan fingerprint density at radius 3 is 1.47 bits per heavy atom. The zero-order valence-electron chi connectivity index (χ0n) is 23.3. The third-order valence-electron chi connectivity index (χ3n) is 7.15. The smallest absolute Gasteiger partial charge is 0.309 e. The fourth-order valence-corrected chi connectivity index (χ4v) is 5.66. The van der Waals surface area contributed by atoms with Gasteiger partial charge in [0.05, 0.1) is 25.0 Å². The summed E-state index contributed by atoms with van der Waals surface area (Å²) in [5.74, 6) is -0.327. The lowest BCUT2D eigenvalue weighted by Gasteiger charge is -2.20. The van der Waals surface area contributed by atoms with Gasteiger partial charge in [0.15, 0.2) is 0 Å². The van der Waals surface area contributed by atoms with Crippen LogP contribution >= 0.6 is 0 Å². The molecule has 36 heavy (non-hydrogen) atoms. The van der Waals surface area contributed by atoms with Crippen molar-refractivity contribution in [3.63, 3.8) is 0 Å². The maximum Gasteiger partial charge on any atom is 0.309 e. The first kappa shape index (κ1) is 31.9. The first-order valence-electron chi connectivity index (χ1n) is 13.6. The van der Waals surface area contributed by atoms with Gasteiger partial charge in [-0.05, 0) is 84.0 Å². The van der Waals surface area contributed by atoms with Gasteiger partial charge in [-0.25, -0.2) is 0 Å². The molecule has 2 saturated carbocycles. The van der Waals surface area contributed by atoms with E-state index in [-0.39, 0.29) is 48.0 Å².